The predicted octanol–water partition coefficient (Wildman–Crippen LogP) is 4.10. The van der Waals surface area contributed by atoms with Crippen LogP contribution in [0.4, 0.5) is 0 Å². The van der Waals surface area contributed by atoms with E-state index in [-0.39, 0.29) is 5.56 Å². The Balaban J connectivity index is 1.72. The number of ether oxygens (including phenoxy) is 1. The van der Waals surface area contributed by atoms with Crippen LogP contribution in [-0.4, -0.2) is 23.3 Å². The van der Waals surface area contributed by atoms with E-state index in [0.717, 1.165) is 17.5 Å². The quantitative estimate of drug-likeness (QED) is 0.438. The van der Waals surface area contributed by atoms with E-state index in [2.05, 4.69) is 10.5 Å². The first kappa shape index (κ1) is 21.3. The van der Waals surface area contributed by atoms with Crippen molar-refractivity contribution in [3.8, 4) is 5.75 Å². The van der Waals surface area contributed by atoms with Gasteiger partial charge in [0.2, 0.25) is 0 Å². The van der Waals surface area contributed by atoms with E-state index in [4.69, 9.17) is 16.3 Å². The summed E-state index contributed by atoms with van der Waals surface area (Å²) < 4.78 is 7.12. The second kappa shape index (κ2) is 10.4. The molecule has 0 aliphatic rings. The van der Waals surface area contributed by atoms with E-state index in [1.807, 2.05) is 43.3 Å². The minimum Gasteiger partial charge on any atom is -0.493 e. The van der Waals surface area contributed by atoms with Gasteiger partial charge in [-0.2, -0.15) is 5.10 Å². The van der Waals surface area contributed by atoms with Crippen LogP contribution in [0.25, 0.3) is 0 Å². The molecule has 154 valence electrons. The maximum absolute atomic E-state index is 12.7. The number of aromatic nitrogens is 1. The third-order valence-corrected chi connectivity index (χ3v) is 4.49. The van der Waals surface area contributed by atoms with Gasteiger partial charge in [-0.15, -0.1) is 0 Å². The Bertz CT molecular complexity index is 1110. The van der Waals surface area contributed by atoms with Crippen LogP contribution in [0.15, 0.2) is 76.8 Å². The molecule has 7 heteroatoms. The SMILES string of the molecule is CCCOc1ccccc1/C=N\NC(=O)c1cccn(Cc2cccc(Cl)c2)c1=O. The summed E-state index contributed by atoms with van der Waals surface area (Å²) in [5, 5.41) is 4.57. The zero-order valence-electron chi connectivity index (χ0n) is 16.5. The normalized spacial score (nSPS) is 10.9. The highest BCUT2D eigenvalue weighted by atomic mass is 35.5. The number of amides is 1. The highest BCUT2D eigenvalue weighted by Crippen LogP contribution is 2.16. The lowest BCUT2D eigenvalue weighted by molar-refractivity contribution is 0.0953. The summed E-state index contributed by atoms with van der Waals surface area (Å²) in [5.41, 5.74) is 3.61. The molecule has 6 nitrogen and oxygen atoms in total. The van der Waals surface area contributed by atoms with Crippen molar-refractivity contribution >= 4 is 23.7 Å². The van der Waals surface area contributed by atoms with Gasteiger partial charge in [0, 0.05) is 16.8 Å². The van der Waals surface area contributed by atoms with Gasteiger partial charge in [0.1, 0.15) is 11.3 Å². The highest BCUT2D eigenvalue weighted by molar-refractivity contribution is 6.30. The van der Waals surface area contributed by atoms with E-state index in [0.29, 0.717) is 23.9 Å². The Hall–Kier alpha value is -3.38. The van der Waals surface area contributed by atoms with Gasteiger partial charge >= 0.3 is 0 Å². The number of carbonyl (C=O) groups excluding carboxylic acids is 1. The number of nitrogens with zero attached hydrogens (tertiary/aromatic N) is 2. The molecule has 2 aromatic carbocycles. The first-order valence-corrected chi connectivity index (χ1v) is 9.95. The molecule has 0 saturated carbocycles. The van der Waals surface area contributed by atoms with Crippen LogP contribution in [0.3, 0.4) is 0 Å². The lowest BCUT2D eigenvalue weighted by Crippen LogP contribution is -2.30. The maximum atomic E-state index is 12.7. The van der Waals surface area contributed by atoms with Crippen LogP contribution in [0, 0.1) is 0 Å². The van der Waals surface area contributed by atoms with Crippen molar-refractivity contribution in [3.63, 3.8) is 0 Å². The lowest BCUT2D eigenvalue weighted by atomic mass is 10.2. The first-order valence-electron chi connectivity index (χ1n) is 9.57. The number of hydrazone groups is 1. The first-order chi connectivity index (χ1) is 14.6. The largest absolute Gasteiger partial charge is 0.493 e. The fraction of sp³-hybridized carbons (Fsp3) is 0.174. The van der Waals surface area contributed by atoms with Gasteiger partial charge in [-0.3, -0.25) is 9.59 Å². The van der Waals surface area contributed by atoms with Crippen molar-refractivity contribution < 1.29 is 9.53 Å². The summed E-state index contributed by atoms with van der Waals surface area (Å²) >= 11 is 6.00. The summed E-state index contributed by atoms with van der Waals surface area (Å²) in [6, 6.07) is 17.7. The Morgan fingerprint density at radius 1 is 1.17 bits per heavy atom. The molecule has 1 N–H and O–H groups in total. The molecule has 0 unspecified atom stereocenters. The fourth-order valence-corrected chi connectivity index (χ4v) is 3.03. The molecule has 1 aromatic heterocycles. The van der Waals surface area contributed by atoms with Crippen LogP contribution in [0.1, 0.15) is 34.8 Å². The molecule has 0 bridgehead atoms. The molecular weight excluding hydrogens is 402 g/mol. The van der Waals surface area contributed by atoms with Crippen LogP contribution < -0.4 is 15.7 Å². The van der Waals surface area contributed by atoms with Crippen LogP contribution in [0.2, 0.25) is 5.02 Å². The van der Waals surface area contributed by atoms with E-state index in [1.54, 1.807) is 24.4 Å². The van der Waals surface area contributed by atoms with E-state index >= 15 is 0 Å². The number of carbonyl (C=O) groups is 1. The highest BCUT2D eigenvalue weighted by Gasteiger charge is 2.12. The molecule has 1 heterocycles. The van der Waals surface area contributed by atoms with Gasteiger partial charge in [-0.1, -0.05) is 42.8 Å². The van der Waals surface area contributed by atoms with Crippen molar-refractivity contribution in [1.29, 1.82) is 0 Å². The average Bonchev–Trinajstić information content (AvgIpc) is 2.74. The monoisotopic (exact) mass is 423 g/mol. The van der Waals surface area contributed by atoms with Gasteiger partial charge in [-0.25, -0.2) is 5.43 Å². The minimum absolute atomic E-state index is 0.00666. The lowest BCUT2D eigenvalue weighted by Gasteiger charge is -2.08. The van der Waals surface area contributed by atoms with Crippen molar-refractivity contribution in [1.82, 2.24) is 9.99 Å². The van der Waals surface area contributed by atoms with Gasteiger partial charge in [-0.05, 0) is 48.4 Å². The Kier molecular flexibility index (Phi) is 7.40. The predicted molar refractivity (Wildman–Crippen MR) is 119 cm³/mol. The summed E-state index contributed by atoms with van der Waals surface area (Å²) in [5.74, 6) is 0.101. The number of rotatable bonds is 8. The third kappa shape index (κ3) is 5.58. The van der Waals surface area contributed by atoms with E-state index in [9.17, 15) is 9.59 Å². The second-order valence-corrected chi connectivity index (χ2v) is 7.01. The number of para-hydroxylation sites is 1. The number of pyridine rings is 1. The Labute approximate surface area is 179 Å². The third-order valence-electron chi connectivity index (χ3n) is 4.26. The number of benzene rings is 2. The van der Waals surface area contributed by atoms with Crippen LogP contribution in [0.5, 0.6) is 5.75 Å². The Morgan fingerprint density at radius 3 is 2.80 bits per heavy atom. The van der Waals surface area contributed by atoms with Gasteiger partial charge in [0.15, 0.2) is 0 Å². The smallest absolute Gasteiger partial charge is 0.276 e. The molecule has 1 amide bonds. The molecule has 0 atom stereocenters. The molecular formula is C23H22ClN3O3. The zero-order chi connectivity index (χ0) is 21.3. The molecule has 0 aliphatic heterocycles. The summed E-state index contributed by atoms with van der Waals surface area (Å²) in [6.07, 6.45) is 4.01. The summed E-state index contributed by atoms with van der Waals surface area (Å²) in [7, 11) is 0. The topological polar surface area (TPSA) is 72.7 Å². The minimum atomic E-state index is -0.580. The number of halogens is 1. The molecule has 0 saturated heterocycles. The molecule has 3 rings (SSSR count). The average molecular weight is 424 g/mol. The molecule has 3 aromatic rings. The fourth-order valence-electron chi connectivity index (χ4n) is 2.82. The van der Waals surface area contributed by atoms with Crippen molar-refractivity contribution in [2.75, 3.05) is 6.61 Å². The number of nitrogens with one attached hydrogen (secondary N) is 1. The maximum Gasteiger partial charge on any atom is 0.276 e. The van der Waals surface area contributed by atoms with E-state index in [1.165, 1.54) is 16.8 Å². The van der Waals surface area contributed by atoms with Gasteiger partial charge in [0.05, 0.1) is 19.4 Å². The van der Waals surface area contributed by atoms with E-state index < -0.39 is 11.5 Å². The molecule has 0 aliphatic carbocycles. The number of hydrogen-bond donors (Lipinski definition) is 1. The molecule has 0 spiro atoms. The standard InChI is InChI=1S/C23H22ClN3O3/c1-2-13-30-21-11-4-3-8-18(21)15-25-26-22(28)20-10-6-12-27(23(20)29)16-17-7-5-9-19(24)14-17/h3-12,14-15H,2,13,16H2,1H3,(H,26,28)/b25-15-. The summed E-state index contributed by atoms with van der Waals surface area (Å²) in [4.78, 5) is 25.2. The second-order valence-electron chi connectivity index (χ2n) is 6.57. The van der Waals surface area contributed by atoms with Gasteiger partial charge in [0.25, 0.3) is 11.5 Å². The molecule has 0 radical (unpaired) electrons. The van der Waals surface area contributed by atoms with Crippen molar-refractivity contribution in [2.45, 2.75) is 19.9 Å². The Morgan fingerprint density at radius 2 is 2.00 bits per heavy atom. The number of hydrogen-bond acceptors (Lipinski definition) is 4. The van der Waals surface area contributed by atoms with Crippen molar-refractivity contribution in [3.05, 3.63) is 98.9 Å². The molecule has 30 heavy (non-hydrogen) atoms. The molecule has 0 fully saturated rings. The summed E-state index contributed by atoms with van der Waals surface area (Å²) in [6.45, 7) is 2.93. The van der Waals surface area contributed by atoms with Crippen LogP contribution in [-0.2, 0) is 6.54 Å². The van der Waals surface area contributed by atoms with Gasteiger partial charge < -0.3 is 9.30 Å². The van der Waals surface area contributed by atoms with Crippen LogP contribution >= 0.6 is 11.6 Å². The zero-order valence-corrected chi connectivity index (χ0v) is 17.3. The van der Waals surface area contributed by atoms with Crippen molar-refractivity contribution in [2.24, 2.45) is 5.10 Å².